The molecule has 0 amide bonds. The van der Waals surface area contributed by atoms with Crippen LogP contribution in [0.5, 0.6) is 0 Å². The molecule has 71 heavy (non-hydrogen) atoms. The van der Waals surface area contributed by atoms with Crippen LogP contribution in [0, 0.1) is 5.41 Å². The number of hydrogen-bond donors (Lipinski definition) is 0. The average Bonchev–Trinajstić information content (AvgIpc) is 3.82. The summed E-state index contributed by atoms with van der Waals surface area (Å²) in [6, 6.07) is 71.1. The van der Waals surface area contributed by atoms with Crippen molar-refractivity contribution < 1.29 is 0 Å². The minimum Gasteiger partial charge on any atom is -0.375 e. The first kappa shape index (κ1) is 44.9. The van der Waals surface area contributed by atoms with Crippen LogP contribution in [0.15, 0.2) is 199 Å². The van der Waals surface area contributed by atoms with Crippen molar-refractivity contribution in [2.75, 3.05) is 9.80 Å². The Bertz CT molecular complexity index is 3590. The molecule has 0 unspecified atom stereocenters. The summed E-state index contributed by atoms with van der Waals surface area (Å²) in [7, 11) is 0. The van der Waals surface area contributed by atoms with Crippen molar-refractivity contribution in [3.05, 3.63) is 227 Å². The van der Waals surface area contributed by atoms with Crippen molar-refractivity contribution in [2.45, 2.75) is 92.4 Å². The molecule has 4 heteroatoms. The molecule has 3 heterocycles. The first-order valence-electron chi connectivity index (χ1n) is 25.6. The van der Waals surface area contributed by atoms with Gasteiger partial charge in [0.05, 0.1) is 5.69 Å². The van der Waals surface area contributed by atoms with Gasteiger partial charge >= 0.3 is 6.85 Å². The molecule has 0 radical (unpaired) electrons. The molecule has 1 aromatic heterocycles. The van der Waals surface area contributed by atoms with Crippen LogP contribution >= 0.6 is 0 Å². The van der Waals surface area contributed by atoms with E-state index in [0.29, 0.717) is 0 Å². The van der Waals surface area contributed by atoms with Gasteiger partial charge in [-0.05, 0) is 133 Å². The molecule has 0 fully saturated rings. The van der Waals surface area contributed by atoms with Gasteiger partial charge in [0.2, 0.25) is 0 Å². The highest BCUT2D eigenvalue weighted by atomic mass is 15.2. The van der Waals surface area contributed by atoms with Crippen LogP contribution in [0.2, 0.25) is 0 Å². The minimum absolute atomic E-state index is 0.0109. The van der Waals surface area contributed by atoms with Crippen LogP contribution < -0.4 is 15.3 Å². The van der Waals surface area contributed by atoms with Crippen LogP contribution in [0.3, 0.4) is 0 Å². The van der Waals surface area contributed by atoms with Crippen LogP contribution in [0.25, 0.3) is 44.1 Å². The zero-order valence-electron chi connectivity index (χ0n) is 43.3. The second-order valence-electron chi connectivity index (χ2n) is 23.8. The Morgan fingerprint density at radius 2 is 1.01 bits per heavy atom. The van der Waals surface area contributed by atoms with Gasteiger partial charge in [-0.15, -0.1) is 0 Å². The molecule has 0 spiro atoms. The molecule has 0 saturated heterocycles. The fraction of sp³-hybridized carbons (Fsp3) is 0.224. The maximum Gasteiger partial charge on any atom is 0.329 e. The van der Waals surface area contributed by atoms with Gasteiger partial charge in [0.15, 0.2) is 0 Å². The smallest absolute Gasteiger partial charge is 0.329 e. The van der Waals surface area contributed by atoms with E-state index in [0.717, 1.165) is 11.4 Å². The maximum absolute atomic E-state index is 2.79. The third kappa shape index (κ3) is 6.92. The first-order valence-corrected chi connectivity index (χ1v) is 25.6. The summed E-state index contributed by atoms with van der Waals surface area (Å²) in [5.41, 5.74) is 23.6. The first-order chi connectivity index (χ1) is 33.9. The Hall–Kier alpha value is -7.30. The summed E-state index contributed by atoms with van der Waals surface area (Å²) < 4.78 is 2.79. The van der Waals surface area contributed by atoms with Gasteiger partial charge in [0.1, 0.15) is 0 Å². The van der Waals surface area contributed by atoms with E-state index < -0.39 is 5.41 Å². The number of aromatic nitrogens is 1. The largest absolute Gasteiger partial charge is 0.375 e. The highest BCUT2D eigenvalue weighted by molar-refractivity contribution is 6.85. The third-order valence-corrected chi connectivity index (χ3v) is 15.8. The normalized spacial score (nSPS) is 15.2. The topological polar surface area (TPSA) is 11.4 Å². The summed E-state index contributed by atoms with van der Waals surface area (Å²) in [4.78, 5) is 5.16. The standard InChI is InChI=1S/C67H64BN3/c1-64(2,3)45-35-37-50(38-36-45)70-56-42-47(66(7,8)9)39-51-52-40-46(65(4,5)6)41-53-58-54(69(48-29-20-14-21-30-48)49-31-22-15-23-32-49)33-24-34-55(58)71(61(52)53)68(60(51)56)63-62(70)57(43-25-16-12-17-26-43)59(67(63,10)11)44-27-18-13-19-28-44/h12-42H,1-11H3. The highest BCUT2D eigenvalue weighted by Gasteiger charge is 2.55. The molecular formula is C67H64BN3. The van der Waals surface area contributed by atoms with Gasteiger partial charge in [-0.2, -0.15) is 0 Å². The van der Waals surface area contributed by atoms with Gasteiger partial charge in [-0.25, -0.2) is 0 Å². The lowest BCUT2D eigenvalue weighted by Crippen LogP contribution is -2.52. The van der Waals surface area contributed by atoms with E-state index in [-0.39, 0.29) is 23.1 Å². The molecule has 350 valence electrons. The summed E-state index contributed by atoms with van der Waals surface area (Å²) in [6.45, 7) is 26.1. The number of hydrogen-bond acceptors (Lipinski definition) is 2. The Morgan fingerprint density at radius 3 is 1.58 bits per heavy atom. The third-order valence-electron chi connectivity index (χ3n) is 15.8. The lowest BCUT2D eigenvalue weighted by atomic mass is 9.40. The molecule has 0 atom stereocenters. The molecule has 0 bridgehead atoms. The summed E-state index contributed by atoms with van der Waals surface area (Å²) in [5, 5.41) is 2.56. The molecule has 3 aliphatic rings. The number of fused-ring (bicyclic) bond motifs is 6. The van der Waals surface area contributed by atoms with Gasteiger partial charge in [-0.1, -0.05) is 197 Å². The molecule has 3 nitrogen and oxygen atoms in total. The van der Waals surface area contributed by atoms with E-state index in [1.807, 2.05) is 0 Å². The molecular weight excluding hydrogens is 858 g/mol. The summed E-state index contributed by atoms with van der Waals surface area (Å²) in [5.74, 6) is 0. The SMILES string of the molecule is CC1(C)C2=C(C(c3ccccc3)=C1c1ccccc1)N(c1ccc(C(C)(C)C)cc1)c1cc(C(C)(C)C)cc3c1B2n1c2cccc(N(c4ccccc4)c4ccccc4)c2c2cc(C(C)(C)C)cc-3c21. The monoisotopic (exact) mass is 922 g/mol. The van der Waals surface area contributed by atoms with Crippen molar-refractivity contribution >= 4 is 73.7 Å². The predicted molar refractivity (Wildman–Crippen MR) is 306 cm³/mol. The Kier molecular flexibility index (Phi) is 10.0. The van der Waals surface area contributed by atoms with E-state index in [1.165, 1.54) is 106 Å². The highest BCUT2D eigenvalue weighted by Crippen LogP contribution is 2.62. The van der Waals surface area contributed by atoms with Crippen molar-refractivity contribution in [3.8, 4) is 11.1 Å². The number of rotatable bonds is 6. The van der Waals surface area contributed by atoms with Crippen molar-refractivity contribution in [1.82, 2.24) is 4.48 Å². The number of nitrogens with zero attached hydrogens (tertiary/aromatic N) is 3. The molecule has 2 aliphatic heterocycles. The van der Waals surface area contributed by atoms with E-state index in [2.05, 4.69) is 278 Å². The predicted octanol–water partition coefficient (Wildman–Crippen LogP) is 17.5. The second-order valence-corrected chi connectivity index (χ2v) is 23.8. The fourth-order valence-electron chi connectivity index (χ4n) is 12.2. The van der Waals surface area contributed by atoms with Gasteiger partial charge in [-0.3, -0.25) is 0 Å². The van der Waals surface area contributed by atoms with E-state index in [9.17, 15) is 0 Å². The average molecular weight is 922 g/mol. The lowest BCUT2D eigenvalue weighted by molar-refractivity contribution is 0.589. The molecule has 12 rings (SSSR count). The van der Waals surface area contributed by atoms with Crippen LogP contribution in [0.1, 0.15) is 104 Å². The quantitative estimate of drug-likeness (QED) is 0.154. The second kappa shape index (κ2) is 15.9. The molecule has 0 saturated carbocycles. The zero-order valence-corrected chi connectivity index (χ0v) is 43.3. The van der Waals surface area contributed by atoms with Crippen LogP contribution in [0.4, 0.5) is 28.4 Å². The Balaban J connectivity index is 1.29. The fourth-order valence-corrected chi connectivity index (χ4v) is 12.2. The number of allylic oxidation sites excluding steroid dienone is 3. The van der Waals surface area contributed by atoms with Crippen LogP contribution in [-0.4, -0.2) is 11.3 Å². The minimum atomic E-state index is -0.419. The van der Waals surface area contributed by atoms with Gasteiger partial charge < -0.3 is 14.3 Å². The number of benzene rings is 8. The van der Waals surface area contributed by atoms with Crippen molar-refractivity contribution in [2.24, 2.45) is 5.41 Å². The van der Waals surface area contributed by atoms with E-state index in [4.69, 9.17) is 0 Å². The molecule has 0 N–H and O–H groups in total. The maximum atomic E-state index is 2.79. The summed E-state index contributed by atoms with van der Waals surface area (Å²) in [6.07, 6.45) is 0. The number of para-hydroxylation sites is 2. The number of anilines is 5. The Morgan fingerprint density at radius 1 is 0.493 bits per heavy atom. The summed E-state index contributed by atoms with van der Waals surface area (Å²) >= 11 is 0. The molecule has 1 aliphatic carbocycles. The van der Waals surface area contributed by atoms with Gasteiger partial charge in [0, 0.05) is 66.8 Å². The lowest BCUT2D eigenvalue weighted by Gasteiger charge is -2.44. The molecule has 8 aromatic carbocycles. The van der Waals surface area contributed by atoms with E-state index >= 15 is 0 Å². The van der Waals surface area contributed by atoms with Crippen molar-refractivity contribution in [3.63, 3.8) is 0 Å². The van der Waals surface area contributed by atoms with Crippen LogP contribution in [-0.2, 0) is 16.2 Å². The van der Waals surface area contributed by atoms with E-state index in [1.54, 1.807) is 0 Å². The molecule has 9 aromatic rings. The zero-order chi connectivity index (χ0) is 49.4. The van der Waals surface area contributed by atoms with Crippen molar-refractivity contribution in [1.29, 1.82) is 0 Å². The Labute approximate surface area is 421 Å². The van der Waals surface area contributed by atoms with Gasteiger partial charge in [0.25, 0.3) is 0 Å².